The summed E-state index contributed by atoms with van der Waals surface area (Å²) in [5, 5.41) is 4.57. The third kappa shape index (κ3) is 2.56. The highest BCUT2D eigenvalue weighted by molar-refractivity contribution is 5.71. The fourth-order valence-corrected chi connectivity index (χ4v) is 3.71. The van der Waals surface area contributed by atoms with E-state index < -0.39 is 0 Å². The van der Waals surface area contributed by atoms with Crippen LogP contribution >= 0.6 is 0 Å². The van der Waals surface area contributed by atoms with Crippen molar-refractivity contribution in [2.75, 3.05) is 18.0 Å². The first-order chi connectivity index (χ1) is 12.3. The summed E-state index contributed by atoms with van der Waals surface area (Å²) in [4.78, 5) is 27.5. The first kappa shape index (κ1) is 14.5. The number of rotatable bonds is 3. The molecule has 1 fully saturated rings. The van der Waals surface area contributed by atoms with Gasteiger partial charge in [0.15, 0.2) is 5.65 Å². The molecule has 126 valence electrons. The first-order valence-electron chi connectivity index (χ1n) is 8.69. The summed E-state index contributed by atoms with van der Waals surface area (Å²) in [6.07, 6.45) is 6.43. The standard InChI is InChI=1S/C18H18N6O/c25-17-8-13-2-1-3-14(13)22-24(17)11-12-9-23(10-12)16-5-4-15-18(21-16)20-7-6-19-15/h4-8,12H,1-3,9-11H2. The van der Waals surface area contributed by atoms with Gasteiger partial charge >= 0.3 is 0 Å². The van der Waals surface area contributed by atoms with Gasteiger partial charge in [0.25, 0.3) is 5.56 Å². The molecule has 1 aliphatic carbocycles. The summed E-state index contributed by atoms with van der Waals surface area (Å²) in [7, 11) is 0. The third-order valence-corrected chi connectivity index (χ3v) is 5.05. The van der Waals surface area contributed by atoms with Crippen molar-refractivity contribution >= 4 is 17.0 Å². The number of hydrogen-bond donors (Lipinski definition) is 0. The summed E-state index contributed by atoms with van der Waals surface area (Å²) in [6.45, 7) is 2.43. The first-order valence-corrected chi connectivity index (χ1v) is 8.69. The minimum Gasteiger partial charge on any atom is -0.356 e. The zero-order valence-corrected chi connectivity index (χ0v) is 13.8. The van der Waals surface area contributed by atoms with E-state index in [0.29, 0.717) is 18.1 Å². The van der Waals surface area contributed by atoms with E-state index in [-0.39, 0.29) is 5.56 Å². The predicted molar refractivity (Wildman–Crippen MR) is 93.6 cm³/mol. The molecule has 0 amide bonds. The summed E-state index contributed by atoms with van der Waals surface area (Å²) in [5.74, 6) is 1.34. The number of hydrogen-bond acceptors (Lipinski definition) is 6. The highest BCUT2D eigenvalue weighted by Crippen LogP contribution is 2.25. The Morgan fingerprint density at radius 2 is 2.00 bits per heavy atom. The summed E-state index contributed by atoms with van der Waals surface area (Å²) in [6, 6.07) is 5.70. The molecule has 7 nitrogen and oxygen atoms in total. The maximum atomic E-state index is 12.2. The van der Waals surface area contributed by atoms with Crippen LogP contribution in [-0.2, 0) is 19.4 Å². The Hall–Kier alpha value is -2.83. The second-order valence-corrected chi connectivity index (χ2v) is 6.83. The van der Waals surface area contributed by atoms with Gasteiger partial charge in [-0.3, -0.25) is 9.78 Å². The van der Waals surface area contributed by atoms with Crippen LogP contribution in [0.3, 0.4) is 0 Å². The Balaban J connectivity index is 1.29. The number of aryl methyl sites for hydroxylation is 2. The average Bonchev–Trinajstić information content (AvgIpc) is 3.04. The number of fused-ring (bicyclic) bond motifs is 2. The van der Waals surface area contributed by atoms with E-state index in [2.05, 4.69) is 25.0 Å². The maximum Gasteiger partial charge on any atom is 0.267 e. The lowest BCUT2D eigenvalue weighted by molar-refractivity contribution is 0.331. The van der Waals surface area contributed by atoms with Crippen molar-refractivity contribution in [3.8, 4) is 0 Å². The molecule has 1 aliphatic heterocycles. The van der Waals surface area contributed by atoms with Crippen molar-refractivity contribution < 1.29 is 0 Å². The molecule has 0 atom stereocenters. The van der Waals surface area contributed by atoms with Crippen LogP contribution in [0.25, 0.3) is 11.2 Å². The number of pyridine rings is 1. The Labute approximate surface area is 144 Å². The van der Waals surface area contributed by atoms with E-state index >= 15 is 0 Å². The largest absolute Gasteiger partial charge is 0.356 e. The van der Waals surface area contributed by atoms with E-state index in [1.54, 1.807) is 23.1 Å². The van der Waals surface area contributed by atoms with Gasteiger partial charge in [0, 0.05) is 37.5 Å². The fraction of sp³-hybridized carbons (Fsp3) is 0.389. The summed E-state index contributed by atoms with van der Waals surface area (Å²) in [5.41, 5.74) is 3.74. The lowest BCUT2D eigenvalue weighted by Crippen LogP contribution is -2.50. The zero-order chi connectivity index (χ0) is 16.8. The monoisotopic (exact) mass is 334 g/mol. The maximum absolute atomic E-state index is 12.2. The predicted octanol–water partition coefficient (Wildman–Crippen LogP) is 1.21. The van der Waals surface area contributed by atoms with E-state index in [9.17, 15) is 4.79 Å². The molecule has 2 aliphatic rings. The normalized spacial score (nSPS) is 16.9. The van der Waals surface area contributed by atoms with Gasteiger partial charge in [-0.25, -0.2) is 14.6 Å². The third-order valence-electron chi connectivity index (χ3n) is 5.05. The van der Waals surface area contributed by atoms with E-state index in [1.807, 2.05) is 12.1 Å². The molecule has 0 saturated carbocycles. The number of aromatic nitrogens is 5. The molecule has 0 bridgehead atoms. The molecule has 0 aromatic carbocycles. The van der Waals surface area contributed by atoms with Crippen LogP contribution in [0.4, 0.5) is 5.82 Å². The van der Waals surface area contributed by atoms with E-state index in [1.165, 1.54) is 0 Å². The lowest BCUT2D eigenvalue weighted by Gasteiger charge is -2.40. The Morgan fingerprint density at radius 3 is 2.92 bits per heavy atom. The van der Waals surface area contributed by atoms with Gasteiger partial charge < -0.3 is 4.90 Å². The van der Waals surface area contributed by atoms with Crippen molar-refractivity contribution in [2.24, 2.45) is 5.92 Å². The van der Waals surface area contributed by atoms with Crippen LogP contribution in [0, 0.1) is 5.92 Å². The minimum atomic E-state index is 0.0261. The number of nitrogens with zero attached hydrogens (tertiary/aromatic N) is 6. The van der Waals surface area contributed by atoms with Gasteiger partial charge in [-0.15, -0.1) is 0 Å². The second-order valence-electron chi connectivity index (χ2n) is 6.83. The highest BCUT2D eigenvalue weighted by Gasteiger charge is 2.29. The van der Waals surface area contributed by atoms with E-state index in [4.69, 9.17) is 0 Å². The van der Waals surface area contributed by atoms with Gasteiger partial charge in [0.05, 0.1) is 12.2 Å². The highest BCUT2D eigenvalue weighted by atomic mass is 16.1. The summed E-state index contributed by atoms with van der Waals surface area (Å²) < 4.78 is 1.64. The Kier molecular flexibility index (Phi) is 3.26. The van der Waals surface area contributed by atoms with Crippen molar-refractivity contribution in [1.29, 1.82) is 0 Å². The Bertz CT molecular complexity index is 1010. The van der Waals surface area contributed by atoms with Crippen molar-refractivity contribution in [1.82, 2.24) is 24.7 Å². The van der Waals surface area contributed by atoms with Gasteiger partial charge in [-0.05, 0) is 37.0 Å². The minimum absolute atomic E-state index is 0.0261. The van der Waals surface area contributed by atoms with E-state index in [0.717, 1.165) is 54.9 Å². The Morgan fingerprint density at radius 1 is 1.12 bits per heavy atom. The van der Waals surface area contributed by atoms with Gasteiger partial charge in [-0.2, -0.15) is 5.10 Å². The molecule has 1 saturated heterocycles. The average molecular weight is 334 g/mol. The summed E-state index contributed by atoms with van der Waals surface area (Å²) >= 11 is 0. The van der Waals surface area contributed by atoms with Gasteiger partial charge in [0.2, 0.25) is 0 Å². The van der Waals surface area contributed by atoms with Crippen molar-refractivity contribution in [3.63, 3.8) is 0 Å². The van der Waals surface area contributed by atoms with Crippen LogP contribution in [0.15, 0.2) is 35.4 Å². The van der Waals surface area contributed by atoms with Gasteiger partial charge in [0.1, 0.15) is 11.3 Å². The zero-order valence-electron chi connectivity index (χ0n) is 13.8. The SMILES string of the molecule is O=c1cc2c(nn1CC1CN(c3ccc4nccnc4n3)C1)CCC2. The molecule has 3 aromatic heterocycles. The molecular weight excluding hydrogens is 316 g/mol. The molecule has 25 heavy (non-hydrogen) atoms. The van der Waals surface area contributed by atoms with Crippen LogP contribution in [0.1, 0.15) is 17.7 Å². The van der Waals surface area contributed by atoms with Crippen LogP contribution in [0.5, 0.6) is 0 Å². The molecule has 0 N–H and O–H groups in total. The topological polar surface area (TPSA) is 76.8 Å². The molecular formula is C18H18N6O. The van der Waals surface area contributed by atoms with Gasteiger partial charge in [-0.1, -0.05) is 0 Å². The molecule has 5 rings (SSSR count). The molecule has 0 unspecified atom stereocenters. The lowest BCUT2D eigenvalue weighted by atomic mass is 10.0. The van der Waals surface area contributed by atoms with Crippen molar-refractivity contribution in [2.45, 2.75) is 25.8 Å². The molecule has 7 heteroatoms. The van der Waals surface area contributed by atoms with Crippen LogP contribution in [0.2, 0.25) is 0 Å². The van der Waals surface area contributed by atoms with Crippen molar-refractivity contribution in [3.05, 3.63) is 52.2 Å². The quantitative estimate of drug-likeness (QED) is 0.716. The molecule has 0 radical (unpaired) electrons. The molecule has 4 heterocycles. The second kappa shape index (κ2) is 5.61. The van der Waals surface area contributed by atoms with Crippen LogP contribution in [-0.4, -0.2) is 37.8 Å². The number of anilines is 1. The molecule has 3 aromatic rings. The van der Waals surface area contributed by atoms with Crippen LogP contribution < -0.4 is 10.5 Å². The fourth-order valence-electron chi connectivity index (χ4n) is 3.71. The molecule has 0 spiro atoms. The smallest absolute Gasteiger partial charge is 0.267 e.